The Morgan fingerprint density at radius 3 is 2.40 bits per heavy atom. The summed E-state index contributed by atoms with van der Waals surface area (Å²) in [5, 5.41) is 11.7. The first-order valence-electron chi connectivity index (χ1n) is 11.5. The third-order valence-electron chi connectivity index (χ3n) is 5.99. The summed E-state index contributed by atoms with van der Waals surface area (Å²) in [6.45, 7) is 4.05. The van der Waals surface area contributed by atoms with E-state index in [9.17, 15) is 14.0 Å². The molecule has 1 N–H and O–H groups in total. The molecule has 3 aromatic rings. The van der Waals surface area contributed by atoms with Gasteiger partial charge in [-0.1, -0.05) is 18.2 Å². The van der Waals surface area contributed by atoms with Gasteiger partial charge in [0.15, 0.2) is 11.0 Å². The van der Waals surface area contributed by atoms with Crippen LogP contribution in [0.2, 0.25) is 0 Å². The highest BCUT2D eigenvalue weighted by Gasteiger charge is 2.26. The number of nitrogens with zero attached hydrogens (tertiary/aromatic N) is 4. The molecule has 1 aromatic heterocycles. The third-order valence-corrected chi connectivity index (χ3v) is 6.92. The molecule has 8 nitrogen and oxygen atoms in total. The number of methoxy groups -OCH3 is 1. The molecule has 2 heterocycles. The van der Waals surface area contributed by atoms with Crippen LogP contribution in [0.4, 0.5) is 4.39 Å². The molecule has 0 saturated carbocycles. The molecular formula is C25H28FN5O3S. The van der Waals surface area contributed by atoms with Crippen LogP contribution >= 0.6 is 11.8 Å². The number of amides is 2. The van der Waals surface area contributed by atoms with Gasteiger partial charge in [-0.05, 0) is 81.4 Å². The van der Waals surface area contributed by atoms with Crippen molar-refractivity contribution in [2.24, 2.45) is 0 Å². The minimum atomic E-state index is -0.488. The van der Waals surface area contributed by atoms with Gasteiger partial charge in [0, 0.05) is 11.3 Å². The van der Waals surface area contributed by atoms with E-state index in [1.54, 1.807) is 43.5 Å². The molecule has 1 fully saturated rings. The average molecular weight is 498 g/mol. The minimum absolute atomic E-state index is 0.00711. The molecule has 0 spiro atoms. The Morgan fingerprint density at radius 2 is 1.74 bits per heavy atom. The Bertz CT molecular complexity index is 1160. The Morgan fingerprint density at radius 1 is 1.06 bits per heavy atom. The molecular weight excluding hydrogens is 469 g/mol. The van der Waals surface area contributed by atoms with E-state index in [2.05, 4.69) is 27.3 Å². The van der Waals surface area contributed by atoms with Crippen LogP contribution in [-0.2, 0) is 4.79 Å². The molecule has 1 aliphatic rings. The van der Waals surface area contributed by atoms with Crippen LogP contribution in [0.3, 0.4) is 0 Å². The van der Waals surface area contributed by atoms with Gasteiger partial charge >= 0.3 is 0 Å². The van der Waals surface area contributed by atoms with Crippen molar-refractivity contribution in [1.29, 1.82) is 0 Å². The summed E-state index contributed by atoms with van der Waals surface area (Å²) in [5.74, 6) is 0.0546. The lowest BCUT2D eigenvalue weighted by molar-refractivity contribution is -0.117. The number of hydrogen-bond donors (Lipinski definition) is 1. The number of aromatic nitrogens is 3. The predicted molar refractivity (Wildman–Crippen MR) is 131 cm³/mol. The van der Waals surface area contributed by atoms with E-state index < -0.39 is 11.8 Å². The summed E-state index contributed by atoms with van der Waals surface area (Å²) in [5.41, 5.74) is 1.07. The molecule has 1 atom stereocenters. The van der Waals surface area contributed by atoms with E-state index in [0.29, 0.717) is 22.2 Å². The number of rotatable bonds is 8. The van der Waals surface area contributed by atoms with Gasteiger partial charge in [0.05, 0.1) is 18.9 Å². The maximum absolute atomic E-state index is 13.6. The van der Waals surface area contributed by atoms with Crippen molar-refractivity contribution in [3.63, 3.8) is 0 Å². The zero-order valence-electron chi connectivity index (χ0n) is 19.7. The molecule has 2 aromatic carbocycles. The monoisotopic (exact) mass is 497 g/mol. The highest BCUT2D eigenvalue weighted by atomic mass is 32.2. The molecule has 0 radical (unpaired) electrons. The van der Waals surface area contributed by atoms with Gasteiger partial charge in [0.1, 0.15) is 11.6 Å². The summed E-state index contributed by atoms with van der Waals surface area (Å²) in [6.07, 6.45) is 3.50. The first-order valence-corrected chi connectivity index (χ1v) is 12.5. The Labute approximate surface area is 207 Å². The summed E-state index contributed by atoms with van der Waals surface area (Å²) < 4.78 is 20.5. The van der Waals surface area contributed by atoms with E-state index in [4.69, 9.17) is 4.74 Å². The highest BCUT2D eigenvalue weighted by molar-refractivity contribution is 7.99. The van der Waals surface area contributed by atoms with E-state index in [-0.39, 0.29) is 17.6 Å². The number of piperidine rings is 1. The SMILES string of the molecule is COc1ccc(C(=O)NC(=O)CSc2nnc([C@H](C)N3CCCCC3)n2-c2ccc(F)cc2)cc1. The largest absolute Gasteiger partial charge is 0.497 e. The lowest BCUT2D eigenvalue weighted by Crippen LogP contribution is -2.33. The van der Waals surface area contributed by atoms with E-state index in [1.807, 2.05) is 4.57 Å². The Hall–Kier alpha value is -3.24. The molecule has 0 aliphatic carbocycles. The second-order valence-corrected chi connectivity index (χ2v) is 9.26. The quantitative estimate of drug-likeness (QED) is 0.471. The number of ether oxygens (including phenoxy) is 1. The van der Waals surface area contributed by atoms with Crippen molar-refractivity contribution in [3.8, 4) is 11.4 Å². The van der Waals surface area contributed by atoms with Crippen LogP contribution < -0.4 is 10.1 Å². The number of thioether (sulfide) groups is 1. The second-order valence-electron chi connectivity index (χ2n) is 8.32. The molecule has 35 heavy (non-hydrogen) atoms. The minimum Gasteiger partial charge on any atom is -0.497 e. The number of nitrogens with one attached hydrogen (secondary N) is 1. The molecule has 0 bridgehead atoms. The van der Waals surface area contributed by atoms with Crippen LogP contribution in [0, 0.1) is 5.82 Å². The summed E-state index contributed by atoms with van der Waals surface area (Å²) in [7, 11) is 1.54. The number of imide groups is 1. The summed E-state index contributed by atoms with van der Waals surface area (Å²) in [6, 6.07) is 12.6. The van der Waals surface area contributed by atoms with Crippen molar-refractivity contribution in [3.05, 3.63) is 65.7 Å². The number of carbonyl (C=O) groups excluding carboxylic acids is 2. The normalized spacial score (nSPS) is 14.9. The number of halogens is 1. The molecule has 2 amide bonds. The van der Waals surface area contributed by atoms with Gasteiger partial charge < -0.3 is 4.74 Å². The predicted octanol–water partition coefficient (Wildman–Crippen LogP) is 4.01. The third kappa shape index (κ3) is 6.07. The molecule has 184 valence electrons. The lowest BCUT2D eigenvalue weighted by Gasteiger charge is -2.31. The highest BCUT2D eigenvalue weighted by Crippen LogP contribution is 2.29. The lowest BCUT2D eigenvalue weighted by atomic mass is 10.1. The molecule has 1 aliphatic heterocycles. The van der Waals surface area contributed by atoms with E-state index in [0.717, 1.165) is 31.8 Å². The summed E-state index contributed by atoms with van der Waals surface area (Å²) >= 11 is 1.18. The van der Waals surface area contributed by atoms with Gasteiger partial charge in [0.2, 0.25) is 5.91 Å². The van der Waals surface area contributed by atoms with Gasteiger partial charge in [-0.25, -0.2) is 4.39 Å². The Balaban J connectivity index is 1.49. The van der Waals surface area contributed by atoms with E-state index in [1.165, 1.54) is 30.3 Å². The fraction of sp³-hybridized carbons (Fsp3) is 0.360. The van der Waals surface area contributed by atoms with Crippen molar-refractivity contribution in [1.82, 2.24) is 25.0 Å². The van der Waals surface area contributed by atoms with E-state index >= 15 is 0 Å². The topological polar surface area (TPSA) is 89.3 Å². The number of hydrogen-bond acceptors (Lipinski definition) is 7. The van der Waals surface area contributed by atoms with Crippen molar-refractivity contribution < 1.29 is 18.7 Å². The van der Waals surface area contributed by atoms with Crippen LogP contribution in [0.5, 0.6) is 5.75 Å². The zero-order chi connectivity index (χ0) is 24.8. The number of likely N-dealkylation sites (tertiary alicyclic amines) is 1. The smallest absolute Gasteiger partial charge is 0.257 e. The zero-order valence-corrected chi connectivity index (χ0v) is 20.6. The van der Waals surface area contributed by atoms with Crippen molar-refractivity contribution in [2.45, 2.75) is 37.4 Å². The molecule has 0 unspecified atom stereocenters. The van der Waals surface area contributed by atoms with Crippen molar-refractivity contribution >= 4 is 23.6 Å². The van der Waals surface area contributed by atoms with Gasteiger partial charge in [0.25, 0.3) is 5.91 Å². The van der Waals surface area contributed by atoms with Gasteiger partial charge in [-0.3, -0.25) is 24.4 Å². The standard InChI is InChI=1S/C25H28FN5O3S/c1-17(30-14-4-3-5-15-30)23-28-29-25(31(23)20-10-8-19(26)9-11-20)35-16-22(32)27-24(33)18-6-12-21(34-2)13-7-18/h6-13,17H,3-5,14-16H2,1-2H3,(H,27,32,33)/t17-/m0/s1. The maximum Gasteiger partial charge on any atom is 0.257 e. The van der Waals surface area contributed by atoms with Crippen molar-refractivity contribution in [2.75, 3.05) is 26.0 Å². The maximum atomic E-state index is 13.6. The second kappa shape index (κ2) is 11.5. The van der Waals surface area contributed by atoms with Crippen LogP contribution in [0.25, 0.3) is 5.69 Å². The van der Waals surface area contributed by atoms with Crippen LogP contribution in [0.1, 0.15) is 48.4 Å². The first kappa shape index (κ1) is 24.9. The molecule has 1 saturated heterocycles. The fourth-order valence-corrected chi connectivity index (χ4v) is 4.81. The van der Waals surface area contributed by atoms with Crippen LogP contribution in [0.15, 0.2) is 53.7 Å². The average Bonchev–Trinajstić information content (AvgIpc) is 3.32. The molecule has 4 rings (SSSR count). The number of carbonyl (C=O) groups is 2. The first-order chi connectivity index (χ1) is 17.0. The fourth-order valence-electron chi connectivity index (χ4n) is 4.05. The van der Waals surface area contributed by atoms with Gasteiger partial charge in [-0.15, -0.1) is 10.2 Å². The number of benzene rings is 2. The van der Waals surface area contributed by atoms with Crippen LogP contribution in [-0.4, -0.2) is 57.4 Å². The molecule has 10 heteroatoms. The summed E-state index contributed by atoms with van der Waals surface area (Å²) in [4.78, 5) is 27.3. The van der Waals surface area contributed by atoms with Gasteiger partial charge in [-0.2, -0.15) is 0 Å². The Kier molecular flexibility index (Phi) is 8.14.